The van der Waals surface area contributed by atoms with Crippen LogP contribution in [-0.4, -0.2) is 75.5 Å². The lowest BCUT2D eigenvalue weighted by Crippen LogP contribution is -2.49. The third kappa shape index (κ3) is 5.72. The quantitative estimate of drug-likeness (QED) is 0.758. The lowest BCUT2D eigenvalue weighted by Gasteiger charge is -2.34. The van der Waals surface area contributed by atoms with E-state index in [1.165, 1.54) is 24.5 Å². The van der Waals surface area contributed by atoms with Crippen molar-refractivity contribution in [2.24, 2.45) is 0 Å². The number of halogens is 2. The number of rotatable bonds is 6. The van der Waals surface area contributed by atoms with Crippen molar-refractivity contribution in [3.63, 3.8) is 0 Å². The smallest absolute Gasteiger partial charge is 0.387 e. The molecule has 0 N–H and O–H groups in total. The first-order valence-corrected chi connectivity index (χ1v) is 9.55. The second-order valence-corrected chi connectivity index (χ2v) is 7.93. The molecule has 24 heavy (non-hydrogen) atoms. The van der Waals surface area contributed by atoms with E-state index in [1.807, 2.05) is 4.90 Å². The number of hydrogen-bond donors (Lipinski definition) is 0. The lowest BCUT2D eigenvalue weighted by molar-refractivity contribution is -0.0499. The van der Waals surface area contributed by atoms with Gasteiger partial charge in [0.05, 0.1) is 5.75 Å². The average molecular weight is 362 g/mol. The molecule has 1 aromatic rings. The van der Waals surface area contributed by atoms with Gasteiger partial charge >= 0.3 is 6.61 Å². The summed E-state index contributed by atoms with van der Waals surface area (Å²) in [4.78, 5) is 16.0. The molecule has 0 saturated carbocycles. The maximum atomic E-state index is 12.4. The Labute approximate surface area is 139 Å². The Morgan fingerprint density at radius 2 is 1.92 bits per heavy atom. The van der Waals surface area contributed by atoms with Crippen molar-refractivity contribution >= 4 is 15.7 Å². The van der Waals surface area contributed by atoms with Gasteiger partial charge in [-0.1, -0.05) is 6.07 Å². The fourth-order valence-corrected chi connectivity index (χ4v) is 3.05. The molecule has 1 amide bonds. The Morgan fingerprint density at radius 3 is 2.50 bits per heavy atom. The second-order valence-electron chi connectivity index (χ2n) is 5.67. The zero-order valence-electron chi connectivity index (χ0n) is 13.3. The normalized spacial score (nSPS) is 16.4. The van der Waals surface area contributed by atoms with Gasteiger partial charge in [0.1, 0.15) is 15.6 Å². The molecule has 1 fully saturated rings. The first-order valence-electron chi connectivity index (χ1n) is 7.49. The molecule has 2 rings (SSSR count). The van der Waals surface area contributed by atoms with Crippen molar-refractivity contribution in [2.75, 3.05) is 44.7 Å². The van der Waals surface area contributed by atoms with Crippen molar-refractivity contribution in [2.45, 2.75) is 6.61 Å². The van der Waals surface area contributed by atoms with Crippen LogP contribution in [-0.2, 0) is 9.84 Å². The number of piperazine rings is 1. The van der Waals surface area contributed by atoms with Crippen LogP contribution in [0.3, 0.4) is 0 Å². The second kappa shape index (κ2) is 7.89. The van der Waals surface area contributed by atoms with Gasteiger partial charge in [0.15, 0.2) is 0 Å². The van der Waals surface area contributed by atoms with E-state index in [1.54, 1.807) is 11.0 Å². The molecule has 6 nitrogen and oxygen atoms in total. The SMILES string of the molecule is CS(=O)(=O)CCN1CCN(C(=O)c2cccc(OC(F)F)c2)CC1. The molecule has 1 heterocycles. The van der Waals surface area contributed by atoms with Crippen molar-refractivity contribution in [1.29, 1.82) is 0 Å². The molecular formula is C15H20F2N2O4S. The summed E-state index contributed by atoms with van der Waals surface area (Å²) in [6.07, 6.45) is 1.20. The van der Waals surface area contributed by atoms with E-state index in [2.05, 4.69) is 4.74 Å². The van der Waals surface area contributed by atoms with Crippen LogP contribution in [0, 0.1) is 0 Å². The average Bonchev–Trinajstić information content (AvgIpc) is 2.52. The summed E-state index contributed by atoms with van der Waals surface area (Å²) < 4.78 is 51.2. The molecule has 1 aliphatic rings. The number of sulfone groups is 1. The molecule has 0 atom stereocenters. The summed E-state index contributed by atoms with van der Waals surface area (Å²) in [7, 11) is -3.01. The Balaban J connectivity index is 1.91. The zero-order chi connectivity index (χ0) is 17.7. The molecule has 0 radical (unpaired) electrons. The van der Waals surface area contributed by atoms with Gasteiger partial charge in [-0.15, -0.1) is 0 Å². The van der Waals surface area contributed by atoms with E-state index >= 15 is 0 Å². The molecule has 1 saturated heterocycles. The first kappa shape index (κ1) is 18.6. The molecule has 0 unspecified atom stereocenters. The van der Waals surface area contributed by atoms with E-state index in [0.717, 1.165) is 0 Å². The largest absolute Gasteiger partial charge is 0.435 e. The van der Waals surface area contributed by atoms with Gasteiger partial charge in [-0.05, 0) is 18.2 Å². The zero-order valence-corrected chi connectivity index (χ0v) is 14.1. The van der Waals surface area contributed by atoms with E-state index in [4.69, 9.17) is 0 Å². The molecule has 0 bridgehead atoms. The first-order chi connectivity index (χ1) is 11.2. The highest BCUT2D eigenvalue weighted by Crippen LogP contribution is 2.18. The number of nitrogens with zero attached hydrogens (tertiary/aromatic N) is 2. The van der Waals surface area contributed by atoms with Gasteiger partial charge in [0, 0.05) is 44.5 Å². The van der Waals surface area contributed by atoms with Gasteiger partial charge in [-0.25, -0.2) is 8.42 Å². The van der Waals surface area contributed by atoms with Crippen molar-refractivity contribution in [3.05, 3.63) is 29.8 Å². The van der Waals surface area contributed by atoms with Gasteiger partial charge < -0.3 is 9.64 Å². The van der Waals surface area contributed by atoms with E-state index in [9.17, 15) is 22.0 Å². The molecule has 0 aliphatic carbocycles. The predicted octanol–water partition coefficient (Wildman–Crippen LogP) is 1.09. The fraction of sp³-hybridized carbons (Fsp3) is 0.533. The molecule has 0 spiro atoms. The van der Waals surface area contributed by atoms with Gasteiger partial charge in [0.2, 0.25) is 0 Å². The molecule has 134 valence electrons. The maximum absolute atomic E-state index is 12.4. The minimum Gasteiger partial charge on any atom is -0.435 e. The number of ether oxygens (including phenoxy) is 1. The number of amides is 1. The number of carbonyl (C=O) groups excluding carboxylic acids is 1. The van der Waals surface area contributed by atoms with Crippen molar-refractivity contribution in [1.82, 2.24) is 9.80 Å². The minimum absolute atomic E-state index is 0.0531. The van der Waals surface area contributed by atoms with Gasteiger partial charge in [-0.3, -0.25) is 9.69 Å². The van der Waals surface area contributed by atoms with Crippen LogP contribution >= 0.6 is 0 Å². The van der Waals surface area contributed by atoms with Crippen molar-refractivity contribution < 1.29 is 26.7 Å². The Morgan fingerprint density at radius 1 is 1.25 bits per heavy atom. The van der Waals surface area contributed by atoms with Crippen LogP contribution in [0.5, 0.6) is 5.75 Å². The standard InChI is InChI=1S/C15H20F2N2O4S/c1-24(21,22)10-9-18-5-7-19(8-6-18)14(20)12-3-2-4-13(11-12)23-15(16)17/h2-4,11,15H,5-10H2,1H3. The van der Waals surface area contributed by atoms with Gasteiger partial charge in [0.25, 0.3) is 5.91 Å². The molecule has 1 aliphatic heterocycles. The third-order valence-corrected chi connectivity index (χ3v) is 4.67. The number of hydrogen-bond acceptors (Lipinski definition) is 5. The Hall–Kier alpha value is -1.74. The van der Waals surface area contributed by atoms with Crippen LogP contribution in [0.15, 0.2) is 24.3 Å². The van der Waals surface area contributed by atoms with E-state index in [-0.39, 0.29) is 23.0 Å². The predicted molar refractivity (Wildman–Crippen MR) is 85.1 cm³/mol. The van der Waals surface area contributed by atoms with Crippen molar-refractivity contribution in [3.8, 4) is 5.75 Å². The highest BCUT2D eigenvalue weighted by Gasteiger charge is 2.23. The molecule has 9 heteroatoms. The fourth-order valence-electron chi connectivity index (χ4n) is 2.46. The molecular weight excluding hydrogens is 342 g/mol. The topological polar surface area (TPSA) is 66.9 Å². The Bertz CT molecular complexity index is 674. The maximum Gasteiger partial charge on any atom is 0.387 e. The highest BCUT2D eigenvalue weighted by atomic mass is 32.2. The minimum atomic E-state index is -3.01. The summed E-state index contributed by atoms with van der Waals surface area (Å²) in [5, 5.41) is 0. The summed E-state index contributed by atoms with van der Waals surface area (Å²) >= 11 is 0. The van der Waals surface area contributed by atoms with Crippen LogP contribution in [0.25, 0.3) is 0 Å². The highest BCUT2D eigenvalue weighted by molar-refractivity contribution is 7.90. The Kier molecular flexibility index (Phi) is 6.11. The van der Waals surface area contributed by atoms with Crippen LogP contribution in [0.1, 0.15) is 10.4 Å². The molecule has 0 aromatic heterocycles. The summed E-state index contributed by atoms with van der Waals surface area (Å²) in [5.74, 6) is -0.214. The summed E-state index contributed by atoms with van der Waals surface area (Å²) in [6.45, 7) is -0.416. The monoisotopic (exact) mass is 362 g/mol. The third-order valence-electron chi connectivity index (χ3n) is 3.74. The van der Waals surface area contributed by atoms with E-state index < -0.39 is 16.4 Å². The summed E-state index contributed by atoms with van der Waals surface area (Å²) in [6, 6.07) is 5.71. The van der Waals surface area contributed by atoms with Crippen LogP contribution in [0.4, 0.5) is 8.78 Å². The number of benzene rings is 1. The lowest BCUT2D eigenvalue weighted by atomic mass is 10.1. The van der Waals surface area contributed by atoms with E-state index in [0.29, 0.717) is 32.7 Å². The van der Waals surface area contributed by atoms with Crippen LogP contribution in [0.2, 0.25) is 0 Å². The van der Waals surface area contributed by atoms with Crippen LogP contribution < -0.4 is 4.74 Å². The van der Waals surface area contributed by atoms with Gasteiger partial charge in [-0.2, -0.15) is 8.78 Å². The number of carbonyl (C=O) groups is 1. The molecule has 1 aromatic carbocycles. The summed E-state index contributed by atoms with van der Waals surface area (Å²) in [5.41, 5.74) is 0.290. The number of alkyl halides is 2.